The van der Waals surface area contributed by atoms with E-state index in [9.17, 15) is 4.79 Å². The van der Waals surface area contributed by atoms with E-state index < -0.39 is 0 Å². The normalized spacial score (nSPS) is 10.4. The molecule has 82 valence electrons. The van der Waals surface area contributed by atoms with Crippen LogP contribution in [-0.4, -0.2) is 14.5 Å². The highest BCUT2D eigenvalue weighted by molar-refractivity contribution is 6.33. The predicted molar refractivity (Wildman–Crippen MR) is 62.7 cm³/mol. The van der Waals surface area contributed by atoms with Crippen LogP contribution in [0.2, 0.25) is 10.4 Å². The van der Waals surface area contributed by atoms with Crippen molar-refractivity contribution in [3.05, 3.63) is 45.3 Å². The third kappa shape index (κ3) is 2.08. The fourth-order valence-electron chi connectivity index (χ4n) is 1.25. The van der Waals surface area contributed by atoms with E-state index in [2.05, 4.69) is 9.97 Å². The van der Waals surface area contributed by atoms with Gasteiger partial charge in [-0.2, -0.15) is 0 Å². The van der Waals surface area contributed by atoms with Gasteiger partial charge in [0.15, 0.2) is 0 Å². The fourth-order valence-corrected chi connectivity index (χ4v) is 1.67. The first kappa shape index (κ1) is 11.1. The molecule has 2 aromatic rings. The molecule has 0 aliphatic heterocycles. The first-order valence-electron chi connectivity index (χ1n) is 4.43. The Kier molecular flexibility index (Phi) is 2.94. The molecule has 0 saturated carbocycles. The molecule has 2 heterocycles. The molecule has 2 rings (SSSR count). The predicted octanol–water partition coefficient (Wildman–Crippen LogP) is 2.15. The molecule has 16 heavy (non-hydrogen) atoms. The summed E-state index contributed by atoms with van der Waals surface area (Å²) in [5, 5.41) is 0.311. The van der Waals surface area contributed by atoms with E-state index in [1.165, 1.54) is 16.8 Å². The molecule has 0 atom stereocenters. The number of nitrogens with zero attached hydrogens (tertiary/aromatic N) is 3. The number of rotatable bonds is 1. The standard InChI is InChI=1S/C10H7Cl2N3O/c1-15-3-2-6(4-8(15)16)7-5-13-10(12)14-9(7)11/h2-5H,1H3. The van der Waals surface area contributed by atoms with Crippen LogP contribution in [0.5, 0.6) is 0 Å². The maximum Gasteiger partial charge on any atom is 0.250 e. The summed E-state index contributed by atoms with van der Waals surface area (Å²) in [5.41, 5.74) is 1.14. The van der Waals surface area contributed by atoms with Crippen LogP contribution in [0.3, 0.4) is 0 Å². The molecule has 0 aliphatic carbocycles. The Labute approximate surface area is 101 Å². The van der Waals surface area contributed by atoms with Gasteiger partial charge in [0.1, 0.15) is 5.15 Å². The van der Waals surface area contributed by atoms with Crippen molar-refractivity contribution in [2.75, 3.05) is 0 Å². The second-order valence-corrected chi connectivity index (χ2v) is 3.90. The molecular weight excluding hydrogens is 249 g/mol. The molecule has 2 aromatic heterocycles. The number of hydrogen-bond donors (Lipinski definition) is 0. The van der Waals surface area contributed by atoms with Gasteiger partial charge in [-0.1, -0.05) is 11.6 Å². The van der Waals surface area contributed by atoms with Gasteiger partial charge in [-0.15, -0.1) is 0 Å². The second kappa shape index (κ2) is 4.23. The van der Waals surface area contributed by atoms with E-state index in [1.54, 1.807) is 19.3 Å². The summed E-state index contributed by atoms with van der Waals surface area (Å²) in [6.45, 7) is 0. The fraction of sp³-hybridized carbons (Fsp3) is 0.100. The summed E-state index contributed by atoms with van der Waals surface area (Å²) in [6.07, 6.45) is 3.15. The Morgan fingerprint density at radius 3 is 2.75 bits per heavy atom. The van der Waals surface area contributed by atoms with Crippen molar-refractivity contribution in [1.29, 1.82) is 0 Å². The quantitative estimate of drug-likeness (QED) is 0.580. The van der Waals surface area contributed by atoms with Crippen molar-refractivity contribution in [2.45, 2.75) is 0 Å². The highest BCUT2D eigenvalue weighted by Gasteiger charge is 2.07. The zero-order chi connectivity index (χ0) is 11.7. The van der Waals surface area contributed by atoms with E-state index in [4.69, 9.17) is 23.2 Å². The largest absolute Gasteiger partial charge is 0.319 e. The Morgan fingerprint density at radius 1 is 1.38 bits per heavy atom. The Morgan fingerprint density at radius 2 is 2.12 bits per heavy atom. The van der Waals surface area contributed by atoms with Gasteiger partial charge in [-0.3, -0.25) is 4.79 Å². The van der Waals surface area contributed by atoms with Gasteiger partial charge in [0.25, 0.3) is 5.56 Å². The molecule has 0 fully saturated rings. The molecule has 4 nitrogen and oxygen atoms in total. The molecule has 0 bridgehead atoms. The van der Waals surface area contributed by atoms with Crippen LogP contribution in [0, 0.1) is 0 Å². The van der Waals surface area contributed by atoms with E-state index in [0.717, 1.165) is 0 Å². The lowest BCUT2D eigenvalue weighted by Crippen LogP contribution is -2.14. The average molecular weight is 256 g/mol. The van der Waals surface area contributed by atoms with Crippen molar-refractivity contribution in [3.63, 3.8) is 0 Å². The van der Waals surface area contributed by atoms with Gasteiger partial charge in [-0.05, 0) is 23.2 Å². The van der Waals surface area contributed by atoms with Crippen molar-refractivity contribution >= 4 is 23.2 Å². The van der Waals surface area contributed by atoms with E-state index in [-0.39, 0.29) is 16.0 Å². The number of aromatic nitrogens is 3. The number of hydrogen-bond acceptors (Lipinski definition) is 3. The van der Waals surface area contributed by atoms with Crippen molar-refractivity contribution in [1.82, 2.24) is 14.5 Å². The van der Waals surface area contributed by atoms with Crippen LogP contribution < -0.4 is 5.56 Å². The lowest BCUT2D eigenvalue weighted by atomic mass is 10.1. The Bertz CT molecular complexity index is 595. The minimum atomic E-state index is -0.122. The second-order valence-electron chi connectivity index (χ2n) is 3.21. The summed E-state index contributed by atoms with van der Waals surface area (Å²) < 4.78 is 1.47. The summed E-state index contributed by atoms with van der Waals surface area (Å²) >= 11 is 11.5. The average Bonchev–Trinajstić information content (AvgIpc) is 2.22. The van der Waals surface area contributed by atoms with Crippen molar-refractivity contribution in [3.8, 4) is 11.1 Å². The van der Waals surface area contributed by atoms with Crippen molar-refractivity contribution in [2.24, 2.45) is 7.05 Å². The summed E-state index contributed by atoms with van der Waals surface area (Å²) in [6, 6.07) is 3.23. The molecule has 0 N–H and O–H groups in total. The lowest BCUT2D eigenvalue weighted by Gasteiger charge is -2.04. The zero-order valence-corrected chi connectivity index (χ0v) is 9.83. The number of halogens is 2. The highest BCUT2D eigenvalue weighted by Crippen LogP contribution is 2.24. The SMILES string of the molecule is Cn1ccc(-c2cnc(Cl)nc2Cl)cc1=O. The molecule has 0 aliphatic rings. The Balaban J connectivity index is 2.59. The molecular formula is C10H7Cl2N3O. The van der Waals surface area contributed by atoms with Crippen LogP contribution in [0.1, 0.15) is 0 Å². The molecule has 0 saturated heterocycles. The van der Waals surface area contributed by atoms with Gasteiger partial charge in [-0.25, -0.2) is 9.97 Å². The smallest absolute Gasteiger partial charge is 0.250 e. The minimum Gasteiger partial charge on any atom is -0.319 e. The van der Waals surface area contributed by atoms with Crippen LogP contribution in [0.15, 0.2) is 29.3 Å². The number of aryl methyl sites for hydroxylation is 1. The van der Waals surface area contributed by atoms with Gasteiger partial charge >= 0.3 is 0 Å². The van der Waals surface area contributed by atoms with Gasteiger partial charge < -0.3 is 4.57 Å². The third-order valence-corrected chi connectivity index (χ3v) is 2.60. The summed E-state index contributed by atoms with van der Waals surface area (Å²) in [7, 11) is 1.67. The van der Waals surface area contributed by atoms with E-state index >= 15 is 0 Å². The van der Waals surface area contributed by atoms with Crippen LogP contribution >= 0.6 is 23.2 Å². The van der Waals surface area contributed by atoms with Crippen LogP contribution in [0.4, 0.5) is 0 Å². The molecule has 6 heteroatoms. The minimum absolute atomic E-state index is 0.0811. The zero-order valence-electron chi connectivity index (χ0n) is 8.32. The molecule has 0 aromatic carbocycles. The van der Waals surface area contributed by atoms with Gasteiger partial charge in [0.2, 0.25) is 5.28 Å². The van der Waals surface area contributed by atoms with E-state index in [0.29, 0.717) is 11.1 Å². The van der Waals surface area contributed by atoms with Crippen LogP contribution in [0.25, 0.3) is 11.1 Å². The first-order chi connectivity index (χ1) is 7.58. The van der Waals surface area contributed by atoms with Crippen molar-refractivity contribution < 1.29 is 0 Å². The maximum absolute atomic E-state index is 11.4. The molecule has 0 unspecified atom stereocenters. The lowest BCUT2D eigenvalue weighted by molar-refractivity contribution is 0.861. The molecule has 0 spiro atoms. The van der Waals surface area contributed by atoms with E-state index in [1.807, 2.05) is 0 Å². The van der Waals surface area contributed by atoms with Gasteiger partial charge in [0, 0.05) is 31.1 Å². The van der Waals surface area contributed by atoms with Crippen LogP contribution in [-0.2, 0) is 7.05 Å². The topological polar surface area (TPSA) is 47.8 Å². The highest BCUT2D eigenvalue weighted by atomic mass is 35.5. The third-order valence-electron chi connectivity index (χ3n) is 2.13. The first-order valence-corrected chi connectivity index (χ1v) is 5.18. The summed E-state index contributed by atoms with van der Waals surface area (Å²) in [4.78, 5) is 19.1. The Hall–Kier alpha value is -1.39. The molecule has 0 amide bonds. The summed E-state index contributed by atoms with van der Waals surface area (Å²) in [5.74, 6) is 0. The number of pyridine rings is 1. The monoisotopic (exact) mass is 255 g/mol. The maximum atomic E-state index is 11.4. The van der Waals surface area contributed by atoms with Gasteiger partial charge in [0.05, 0.1) is 0 Å². The molecule has 0 radical (unpaired) electrons.